The smallest absolute Gasteiger partial charge is 0.242 e. The maximum absolute atomic E-state index is 13.1. The van der Waals surface area contributed by atoms with Gasteiger partial charge in [-0.1, -0.05) is 26.0 Å². The molecule has 1 saturated heterocycles. The molecule has 7 nitrogen and oxygen atoms in total. The Labute approximate surface area is 175 Å². The fourth-order valence-electron chi connectivity index (χ4n) is 3.86. The molecule has 0 aromatic heterocycles. The molecule has 4 unspecified atom stereocenters. The van der Waals surface area contributed by atoms with Crippen LogP contribution in [0.2, 0.25) is 0 Å². The van der Waals surface area contributed by atoms with Gasteiger partial charge < -0.3 is 10.1 Å². The Hall–Kier alpha value is -1.48. The summed E-state index contributed by atoms with van der Waals surface area (Å²) < 4.78 is 31.4. The van der Waals surface area contributed by atoms with E-state index < -0.39 is 10.0 Å². The number of hydrogen-bond acceptors (Lipinski definition) is 5. The first kappa shape index (κ1) is 23.8. The van der Waals surface area contributed by atoms with E-state index in [4.69, 9.17) is 4.74 Å². The van der Waals surface area contributed by atoms with Crippen LogP contribution in [0.3, 0.4) is 0 Å². The minimum Gasteiger partial charge on any atom is -0.373 e. The van der Waals surface area contributed by atoms with Crippen LogP contribution in [0.25, 0.3) is 0 Å². The van der Waals surface area contributed by atoms with Gasteiger partial charge in [0, 0.05) is 27.2 Å². The summed E-state index contributed by atoms with van der Waals surface area (Å²) in [7, 11) is -0.454. The van der Waals surface area contributed by atoms with E-state index in [2.05, 4.69) is 24.1 Å². The molecule has 1 aromatic rings. The quantitative estimate of drug-likeness (QED) is 0.725. The van der Waals surface area contributed by atoms with Crippen molar-refractivity contribution in [2.75, 3.05) is 27.2 Å². The molecular weight excluding hydrogens is 390 g/mol. The van der Waals surface area contributed by atoms with E-state index in [9.17, 15) is 13.2 Å². The Kier molecular flexibility index (Phi) is 7.84. The summed E-state index contributed by atoms with van der Waals surface area (Å²) in [4.78, 5) is 15.5. The van der Waals surface area contributed by atoms with Gasteiger partial charge in [-0.15, -0.1) is 0 Å². The number of morpholine rings is 1. The van der Waals surface area contributed by atoms with E-state index >= 15 is 0 Å². The summed E-state index contributed by atoms with van der Waals surface area (Å²) in [6.07, 6.45) is 0.188. The average molecular weight is 426 g/mol. The third-order valence-electron chi connectivity index (χ3n) is 5.26. The lowest BCUT2D eigenvalue weighted by Gasteiger charge is -2.41. The molecule has 1 aromatic carbocycles. The van der Waals surface area contributed by atoms with Crippen molar-refractivity contribution >= 4 is 15.9 Å². The Morgan fingerprint density at radius 3 is 2.07 bits per heavy atom. The maximum Gasteiger partial charge on any atom is 0.242 e. The molecule has 0 spiro atoms. The monoisotopic (exact) mass is 425 g/mol. The van der Waals surface area contributed by atoms with Gasteiger partial charge in [0.25, 0.3) is 0 Å². The number of carbonyl (C=O) groups is 1. The van der Waals surface area contributed by atoms with E-state index in [1.165, 1.54) is 18.4 Å². The summed E-state index contributed by atoms with van der Waals surface area (Å²) in [6, 6.07) is 6.21. The van der Waals surface area contributed by atoms with Crippen LogP contribution in [0.1, 0.15) is 46.2 Å². The van der Waals surface area contributed by atoms with Gasteiger partial charge in [-0.25, -0.2) is 12.7 Å². The van der Waals surface area contributed by atoms with Crippen LogP contribution in [0, 0.1) is 5.92 Å². The van der Waals surface area contributed by atoms with Crippen molar-refractivity contribution < 1.29 is 17.9 Å². The van der Waals surface area contributed by atoms with Crippen LogP contribution in [-0.2, 0) is 19.6 Å². The molecule has 29 heavy (non-hydrogen) atoms. The average Bonchev–Trinajstić information content (AvgIpc) is 2.60. The number of hydrogen-bond donors (Lipinski definition) is 1. The predicted octanol–water partition coefficient (Wildman–Crippen LogP) is 2.25. The zero-order valence-electron chi connectivity index (χ0n) is 18.5. The highest BCUT2D eigenvalue weighted by Gasteiger charge is 2.34. The zero-order chi connectivity index (χ0) is 21.9. The van der Waals surface area contributed by atoms with Crippen LogP contribution < -0.4 is 5.32 Å². The number of sulfonamides is 1. The van der Waals surface area contributed by atoms with E-state index in [0.717, 1.165) is 18.7 Å². The first-order chi connectivity index (χ1) is 13.4. The van der Waals surface area contributed by atoms with Gasteiger partial charge >= 0.3 is 0 Å². The molecule has 8 heteroatoms. The Balaban J connectivity index is 2.11. The molecule has 1 aliphatic heterocycles. The van der Waals surface area contributed by atoms with Crippen molar-refractivity contribution in [2.24, 2.45) is 5.92 Å². The molecule has 0 aliphatic carbocycles. The third kappa shape index (κ3) is 5.78. The molecule has 0 radical (unpaired) electrons. The standard InChI is InChI=1S/C21H35N3O4S/c1-14(2)20(24-12-15(3)28-16(4)13-24)21(25)22-17(5)18-8-10-19(11-9-18)29(26,27)23(6)7/h8-11,14-17,20H,12-13H2,1-7H3,(H,22,25). The molecular formula is C21H35N3O4S. The number of ether oxygens (including phenoxy) is 1. The van der Waals surface area contributed by atoms with E-state index in [1.54, 1.807) is 24.3 Å². The first-order valence-corrected chi connectivity index (χ1v) is 11.6. The molecule has 164 valence electrons. The number of amides is 1. The molecule has 1 fully saturated rings. The summed E-state index contributed by atoms with van der Waals surface area (Å²) in [5, 5.41) is 3.10. The van der Waals surface area contributed by atoms with Gasteiger partial charge in [0.2, 0.25) is 15.9 Å². The second-order valence-corrected chi connectivity index (χ2v) is 10.6. The molecule has 4 atom stereocenters. The van der Waals surface area contributed by atoms with E-state index in [1.807, 2.05) is 20.8 Å². The van der Waals surface area contributed by atoms with Crippen molar-refractivity contribution in [1.29, 1.82) is 0 Å². The lowest BCUT2D eigenvalue weighted by molar-refractivity contribution is -0.136. The highest BCUT2D eigenvalue weighted by molar-refractivity contribution is 7.89. The first-order valence-electron chi connectivity index (χ1n) is 10.2. The van der Waals surface area contributed by atoms with Gasteiger partial charge in [0.15, 0.2) is 0 Å². The third-order valence-corrected chi connectivity index (χ3v) is 7.09. The van der Waals surface area contributed by atoms with Crippen molar-refractivity contribution in [1.82, 2.24) is 14.5 Å². The predicted molar refractivity (Wildman–Crippen MR) is 114 cm³/mol. The lowest BCUT2D eigenvalue weighted by Crippen LogP contribution is -2.57. The fourth-order valence-corrected chi connectivity index (χ4v) is 4.76. The SMILES string of the molecule is CC1CN(C(C(=O)NC(C)c2ccc(S(=O)(=O)N(C)C)cc2)C(C)C)CC(C)O1. The van der Waals surface area contributed by atoms with Crippen LogP contribution in [-0.4, -0.2) is 69.0 Å². The molecule has 1 heterocycles. The van der Waals surface area contributed by atoms with Crippen LogP contribution in [0.4, 0.5) is 0 Å². The Morgan fingerprint density at radius 1 is 1.10 bits per heavy atom. The van der Waals surface area contributed by atoms with Gasteiger partial charge in [0.1, 0.15) is 0 Å². The second-order valence-electron chi connectivity index (χ2n) is 8.49. The number of nitrogens with zero attached hydrogens (tertiary/aromatic N) is 2. The van der Waals surface area contributed by atoms with Gasteiger partial charge in [0.05, 0.1) is 29.2 Å². The molecule has 1 N–H and O–H groups in total. The minimum atomic E-state index is -3.46. The fraction of sp³-hybridized carbons (Fsp3) is 0.667. The van der Waals surface area contributed by atoms with Gasteiger partial charge in [-0.05, 0) is 44.4 Å². The maximum atomic E-state index is 13.1. The minimum absolute atomic E-state index is 0.0150. The summed E-state index contributed by atoms with van der Waals surface area (Å²) >= 11 is 0. The summed E-state index contributed by atoms with van der Waals surface area (Å²) in [6.45, 7) is 11.5. The number of nitrogens with one attached hydrogen (secondary N) is 1. The van der Waals surface area contributed by atoms with E-state index in [0.29, 0.717) is 0 Å². The van der Waals surface area contributed by atoms with Crippen LogP contribution >= 0.6 is 0 Å². The lowest BCUT2D eigenvalue weighted by atomic mass is 9.98. The Morgan fingerprint density at radius 2 is 1.62 bits per heavy atom. The van der Waals surface area contributed by atoms with Crippen molar-refractivity contribution in [2.45, 2.75) is 63.8 Å². The molecule has 2 rings (SSSR count). The highest BCUT2D eigenvalue weighted by atomic mass is 32.2. The molecule has 1 amide bonds. The van der Waals surface area contributed by atoms with Crippen molar-refractivity contribution in [3.63, 3.8) is 0 Å². The van der Waals surface area contributed by atoms with Gasteiger partial charge in [-0.3, -0.25) is 9.69 Å². The van der Waals surface area contributed by atoms with E-state index in [-0.39, 0.29) is 41.0 Å². The van der Waals surface area contributed by atoms with Crippen molar-refractivity contribution in [3.05, 3.63) is 29.8 Å². The number of benzene rings is 1. The second kappa shape index (κ2) is 9.55. The van der Waals surface area contributed by atoms with Crippen LogP contribution in [0.15, 0.2) is 29.2 Å². The largest absolute Gasteiger partial charge is 0.373 e. The summed E-state index contributed by atoms with van der Waals surface area (Å²) in [5.74, 6) is 0.145. The van der Waals surface area contributed by atoms with Gasteiger partial charge in [-0.2, -0.15) is 0 Å². The van der Waals surface area contributed by atoms with Crippen LogP contribution in [0.5, 0.6) is 0 Å². The topological polar surface area (TPSA) is 79.0 Å². The normalized spacial score (nSPS) is 23.2. The molecule has 0 bridgehead atoms. The highest BCUT2D eigenvalue weighted by Crippen LogP contribution is 2.21. The molecule has 0 saturated carbocycles. The Bertz CT molecular complexity index is 783. The van der Waals surface area contributed by atoms with Crippen molar-refractivity contribution in [3.8, 4) is 0 Å². The summed E-state index contributed by atoms with van der Waals surface area (Å²) in [5.41, 5.74) is 0.863. The number of rotatable bonds is 7. The molecule has 1 aliphatic rings. The number of carbonyl (C=O) groups excluding carboxylic acids is 1. The zero-order valence-corrected chi connectivity index (χ0v) is 19.4.